The van der Waals surface area contributed by atoms with Crippen LogP contribution >= 0.6 is 0 Å². The van der Waals surface area contributed by atoms with Crippen molar-refractivity contribution in [1.82, 2.24) is 0 Å². The quantitative estimate of drug-likeness (QED) is 0.335. The van der Waals surface area contributed by atoms with Gasteiger partial charge in [0.1, 0.15) is 0 Å². The topological polar surface area (TPSA) is 82.9 Å². The Labute approximate surface area is 91.7 Å². The monoisotopic (exact) mass is 215 g/mol. The molecule has 16 heavy (non-hydrogen) atoms. The highest BCUT2D eigenvalue weighted by molar-refractivity contribution is 6.26. The van der Waals surface area contributed by atoms with Gasteiger partial charge < -0.3 is 0 Å². The van der Waals surface area contributed by atoms with Crippen LogP contribution in [0.25, 0.3) is 10.4 Å². The highest BCUT2D eigenvalue weighted by atomic mass is 16.2. The van der Waals surface area contributed by atoms with Gasteiger partial charge in [0.15, 0.2) is 11.6 Å². The Morgan fingerprint density at radius 1 is 1.19 bits per heavy atom. The number of carbonyl (C=O) groups is 2. The van der Waals surface area contributed by atoms with Crippen LogP contribution in [-0.4, -0.2) is 18.1 Å². The molecule has 0 N–H and O–H groups in total. The highest BCUT2D eigenvalue weighted by Crippen LogP contribution is 2.28. The van der Waals surface area contributed by atoms with Gasteiger partial charge in [0.25, 0.3) is 0 Å². The van der Waals surface area contributed by atoms with Crippen LogP contribution in [0.4, 0.5) is 0 Å². The van der Waals surface area contributed by atoms with E-state index in [4.69, 9.17) is 5.53 Å². The second kappa shape index (κ2) is 4.16. The summed E-state index contributed by atoms with van der Waals surface area (Å²) in [6, 6.07) is 6.78. The van der Waals surface area contributed by atoms with Crippen molar-refractivity contribution >= 4 is 11.6 Å². The Bertz CT molecular complexity index is 469. The van der Waals surface area contributed by atoms with Gasteiger partial charge in [0.05, 0.1) is 5.92 Å². The van der Waals surface area contributed by atoms with Crippen LogP contribution in [0.3, 0.4) is 0 Å². The van der Waals surface area contributed by atoms with Gasteiger partial charge >= 0.3 is 0 Å². The molecule has 0 aromatic heterocycles. The molecule has 0 atom stereocenters. The first kappa shape index (κ1) is 10.4. The zero-order valence-corrected chi connectivity index (χ0v) is 8.46. The molecule has 0 heterocycles. The van der Waals surface area contributed by atoms with Crippen molar-refractivity contribution in [2.45, 2.75) is 6.42 Å². The number of benzene rings is 1. The zero-order valence-electron chi connectivity index (χ0n) is 8.46. The van der Waals surface area contributed by atoms with E-state index in [-0.39, 0.29) is 24.5 Å². The number of carbonyl (C=O) groups excluding carboxylic acids is 2. The summed E-state index contributed by atoms with van der Waals surface area (Å²) in [5, 5.41) is 3.34. The molecular formula is C11H9N3O2. The molecular weight excluding hydrogens is 206 g/mol. The molecule has 0 aliphatic heterocycles. The van der Waals surface area contributed by atoms with Crippen LogP contribution < -0.4 is 0 Å². The fraction of sp³-hybridized carbons (Fsp3) is 0.273. The fourth-order valence-electron chi connectivity index (χ4n) is 1.90. The third-order valence-electron chi connectivity index (χ3n) is 2.67. The summed E-state index contributed by atoms with van der Waals surface area (Å²) in [7, 11) is 0. The number of nitrogens with zero attached hydrogens (tertiary/aromatic N) is 3. The van der Waals surface area contributed by atoms with Gasteiger partial charge in [0.2, 0.25) is 0 Å². The molecule has 0 saturated carbocycles. The molecule has 1 aliphatic rings. The van der Waals surface area contributed by atoms with Crippen molar-refractivity contribution in [1.29, 1.82) is 0 Å². The van der Waals surface area contributed by atoms with Gasteiger partial charge in [-0.1, -0.05) is 29.4 Å². The smallest absolute Gasteiger partial charge is 0.174 e. The molecule has 0 unspecified atom stereocenters. The molecule has 80 valence electrons. The third kappa shape index (κ3) is 1.57. The van der Waals surface area contributed by atoms with Crippen molar-refractivity contribution in [3.63, 3.8) is 0 Å². The van der Waals surface area contributed by atoms with Crippen molar-refractivity contribution in [3.8, 4) is 0 Å². The van der Waals surface area contributed by atoms with Crippen molar-refractivity contribution in [3.05, 3.63) is 45.8 Å². The third-order valence-corrected chi connectivity index (χ3v) is 2.67. The summed E-state index contributed by atoms with van der Waals surface area (Å²) >= 11 is 0. The maximum atomic E-state index is 11.8. The maximum absolute atomic E-state index is 11.8. The summed E-state index contributed by atoms with van der Waals surface area (Å²) in [4.78, 5) is 26.3. The summed E-state index contributed by atoms with van der Waals surface area (Å²) in [6.07, 6.45) is 0.288. The molecule has 0 bridgehead atoms. The fourth-order valence-corrected chi connectivity index (χ4v) is 1.90. The molecule has 5 heteroatoms. The number of ketones is 2. The van der Waals surface area contributed by atoms with Crippen LogP contribution in [0.5, 0.6) is 0 Å². The molecule has 0 amide bonds. The van der Waals surface area contributed by atoms with E-state index in [1.165, 1.54) is 0 Å². The second-order valence-electron chi connectivity index (χ2n) is 3.57. The van der Waals surface area contributed by atoms with E-state index < -0.39 is 5.92 Å². The number of Topliss-reactive ketones (excluding diaryl/α,β-unsaturated/α-hetero) is 2. The average molecular weight is 215 g/mol. The van der Waals surface area contributed by atoms with Crippen LogP contribution in [0.2, 0.25) is 0 Å². The lowest BCUT2D eigenvalue weighted by molar-refractivity contribution is 0.0833. The van der Waals surface area contributed by atoms with Gasteiger partial charge in [-0.15, -0.1) is 0 Å². The minimum absolute atomic E-state index is 0.159. The summed E-state index contributed by atoms with van der Waals surface area (Å²) in [5.74, 6) is -0.981. The second-order valence-corrected chi connectivity index (χ2v) is 3.57. The normalized spacial score (nSPS) is 14.8. The first-order valence-corrected chi connectivity index (χ1v) is 4.94. The largest absolute Gasteiger partial charge is 0.293 e. The van der Waals surface area contributed by atoms with Gasteiger partial charge in [-0.2, -0.15) is 0 Å². The summed E-state index contributed by atoms with van der Waals surface area (Å²) < 4.78 is 0. The van der Waals surface area contributed by atoms with Gasteiger partial charge in [-0.25, -0.2) is 0 Å². The van der Waals surface area contributed by atoms with Crippen LogP contribution in [0.1, 0.15) is 27.1 Å². The van der Waals surface area contributed by atoms with E-state index in [1.807, 2.05) is 0 Å². The van der Waals surface area contributed by atoms with Crippen molar-refractivity contribution in [2.75, 3.05) is 6.54 Å². The molecule has 1 aromatic rings. The molecule has 0 fully saturated rings. The van der Waals surface area contributed by atoms with E-state index in [0.717, 1.165) is 0 Å². The maximum Gasteiger partial charge on any atom is 0.174 e. The van der Waals surface area contributed by atoms with Crippen molar-refractivity contribution in [2.24, 2.45) is 11.0 Å². The Morgan fingerprint density at radius 2 is 1.75 bits per heavy atom. The lowest BCUT2D eigenvalue weighted by Crippen LogP contribution is -2.15. The van der Waals surface area contributed by atoms with E-state index in [0.29, 0.717) is 11.1 Å². The molecule has 0 radical (unpaired) electrons. The predicted octanol–water partition coefficient (Wildman–Crippen LogP) is 2.38. The van der Waals surface area contributed by atoms with E-state index in [2.05, 4.69) is 10.0 Å². The predicted molar refractivity (Wildman–Crippen MR) is 57.2 cm³/mol. The minimum Gasteiger partial charge on any atom is -0.293 e. The minimum atomic E-state index is -0.664. The number of fused-ring (bicyclic) bond motifs is 1. The molecule has 1 aromatic carbocycles. The summed E-state index contributed by atoms with van der Waals surface area (Å²) in [6.45, 7) is 0.173. The van der Waals surface area contributed by atoms with Gasteiger partial charge in [0, 0.05) is 22.6 Å². The number of hydrogen-bond acceptors (Lipinski definition) is 3. The van der Waals surface area contributed by atoms with Crippen LogP contribution in [-0.2, 0) is 0 Å². The number of azide groups is 1. The average Bonchev–Trinajstić information content (AvgIpc) is 2.55. The van der Waals surface area contributed by atoms with Crippen molar-refractivity contribution < 1.29 is 9.59 Å². The van der Waals surface area contributed by atoms with Gasteiger partial charge in [-0.05, 0) is 12.0 Å². The van der Waals surface area contributed by atoms with E-state index in [9.17, 15) is 9.59 Å². The molecule has 1 aliphatic carbocycles. The Hall–Kier alpha value is -2.13. The Morgan fingerprint density at radius 3 is 2.25 bits per heavy atom. The standard InChI is InChI=1S/C11H9N3O2/c12-14-13-6-5-9-10(15)7-3-1-2-4-8(7)11(9)16/h1-4,9H,5-6H2. The number of rotatable bonds is 3. The molecule has 0 saturated heterocycles. The molecule has 2 rings (SSSR count). The van der Waals surface area contributed by atoms with Crippen LogP contribution in [0, 0.1) is 5.92 Å². The molecule has 5 nitrogen and oxygen atoms in total. The Balaban J connectivity index is 2.24. The first-order valence-electron chi connectivity index (χ1n) is 4.94. The van der Waals surface area contributed by atoms with Gasteiger partial charge in [-0.3, -0.25) is 9.59 Å². The lowest BCUT2D eigenvalue weighted by Gasteiger charge is -2.02. The van der Waals surface area contributed by atoms with Crippen LogP contribution in [0.15, 0.2) is 29.4 Å². The number of hydrogen-bond donors (Lipinski definition) is 0. The van der Waals surface area contributed by atoms with E-state index >= 15 is 0 Å². The lowest BCUT2D eigenvalue weighted by atomic mass is 10.0. The summed E-state index contributed by atoms with van der Waals surface area (Å²) in [5.41, 5.74) is 9.10. The highest BCUT2D eigenvalue weighted by Gasteiger charge is 2.37. The SMILES string of the molecule is [N-]=[N+]=NCCC1C(=O)c2ccccc2C1=O. The Kier molecular flexibility index (Phi) is 2.70. The van der Waals surface area contributed by atoms with E-state index in [1.54, 1.807) is 24.3 Å². The first-order chi connectivity index (χ1) is 7.75. The molecule has 0 spiro atoms. The zero-order chi connectivity index (χ0) is 11.5.